The van der Waals surface area contributed by atoms with E-state index in [4.69, 9.17) is 9.47 Å². The predicted octanol–water partition coefficient (Wildman–Crippen LogP) is 4.02. The molecule has 0 saturated carbocycles. The van der Waals surface area contributed by atoms with Crippen LogP contribution in [0.1, 0.15) is 73.1 Å². The minimum Gasteiger partial charge on any atom is -0.462 e. The molecule has 2 aliphatic rings. The van der Waals surface area contributed by atoms with Crippen LogP contribution < -0.4 is 9.80 Å². The Kier molecular flexibility index (Phi) is 7.18. The number of nitrogens with zero attached hydrogens (tertiary/aromatic N) is 2. The largest absolute Gasteiger partial charge is 0.462 e. The summed E-state index contributed by atoms with van der Waals surface area (Å²) < 4.78 is 10.7. The molecular formula is C22H32N2O4. The monoisotopic (exact) mass is 388 g/mol. The fraction of sp³-hybridized carbons (Fsp3) is 0.636. The molecule has 6 nitrogen and oxygen atoms in total. The van der Waals surface area contributed by atoms with Crippen molar-refractivity contribution in [1.29, 1.82) is 0 Å². The van der Waals surface area contributed by atoms with Gasteiger partial charge in [-0.05, 0) is 64.5 Å². The Hall–Kier alpha value is -2.24. The van der Waals surface area contributed by atoms with Gasteiger partial charge < -0.3 is 19.3 Å². The maximum atomic E-state index is 12.8. The molecule has 0 aliphatic carbocycles. The lowest BCUT2D eigenvalue weighted by atomic mass is 10.0. The van der Waals surface area contributed by atoms with Gasteiger partial charge in [0.1, 0.15) is 0 Å². The first-order chi connectivity index (χ1) is 13.7. The van der Waals surface area contributed by atoms with Gasteiger partial charge in [0, 0.05) is 26.2 Å². The second kappa shape index (κ2) is 9.80. The third-order valence-corrected chi connectivity index (χ3v) is 5.50. The molecule has 154 valence electrons. The number of hydrogen-bond donors (Lipinski definition) is 0. The molecule has 28 heavy (non-hydrogen) atoms. The van der Waals surface area contributed by atoms with Crippen molar-refractivity contribution in [1.82, 2.24) is 0 Å². The fourth-order valence-corrected chi connectivity index (χ4v) is 4.11. The zero-order valence-corrected chi connectivity index (χ0v) is 17.2. The Morgan fingerprint density at radius 1 is 0.714 bits per heavy atom. The number of anilines is 2. The Morgan fingerprint density at radius 3 is 1.39 bits per heavy atom. The lowest BCUT2D eigenvalue weighted by Crippen LogP contribution is -2.34. The van der Waals surface area contributed by atoms with Crippen LogP contribution in [0.15, 0.2) is 12.1 Å². The summed E-state index contributed by atoms with van der Waals surface area (Å²) in [5.41, 5.74) is 2.69. The van der Waals surface area contributed by atoms with E-state index in [2.05, 4.69) is 9.80 Å². The summed E-state index contributed by atoms with van der Waals surface area (Å²) in [7, 11) is 0. The minimum atomic E-state index is -0.322. The highest BCUT2D eigenvalue weighted by molar-refractivity contribution is 6.03. The van der Waals surface area contributed by atoms with Crippen molar-refractivity contribution in [2.45, 2.75) is 52.4 Å². The summed E-state index contributed by atoms with van der Waals surface area (Å²) >= 11 is 0. The van der Waals surface area contributed by atoms with Crippen molar-refractivity contribution in [3.63, 3.8) is 0 Å². The van der Waals surface area contributed by atoms with Crippen molar-refractivity contribution in [2.24, 2.45) is 0 Å². The van der Waals surface area contributed by atoms with Gasteiger partial charge in [-0.15, -0.1) is 0 Å². The molecule has 1 aromatic carbocycles. The van der Waals surface area contributed by atoms with E-state index < -0.39 is 0 Å². The molecule has 6 heteroatoms. The van der Waals surface area contributed by atoms with Crippen LogP contribution in [0.3, 0.4) is 0 Å². The molecular weight excluding hydrogens is 356 g/mol. The van der Waals surface area contributed by atoms with E-state index in [1.807, 2.05) is 26.0 Å². The van der Waals surface area contributed by atoms with E-state index in [1.165, 1.54) is 12.8 Å². The number of ether oxygens (including phenoxy) is 2. The van der Waals surface area contributed by atoms with Crippen molar-refractivity contribution >= 4 is 23.3 Å². The van der Waals surface area contributed by atoms with Crippen LogP contribution in [0.2, 0.25) is 0 Å². The van der Waals surface area contributed by atoms with E-state index in [-0.39, 0.29) is 11.9 Å². The van der Waals surface area contributed by atoms with E-state index in [1.54, 1.807) is 0 Å². The SMILES string of the molecule is CCOC(=O)c1cc(N2CCCCC2)c(C(=O)OCC)cc1N1CCCCC1. The summed E-state index contributed by atoms with van der Waals surface area (Å²) in [5.74, 6) is -0.645. The number of hydrogen-bond acceptors (Lipinski definition) is 6. The van der Waals surface area contributed by atoms with Crippen molar-refractivity contribution < 1.29 is 19.1 Å². The van der Waals surface area contributed by atoms with Gasteiger partial charge >= 0.3 is 11.9 Å². The minimum absolute atomic E-state index is 0.322. The van der Waals surface area contributed by atoms with Crippen molar-refractivity contribution in [3.05, 3.63) is 23.3 Å². The van der Waals surface area contributed by atoms with Gasteiger partial charge in [-0.3, -0.25) is 0 Å². The zero-order chi connectivity index (χ0) is 19.9. The number of carbonyl (C=O) groups excluding carboxylic acids is 2. The molecule has 1 aromatic rings. The molecule has 2 fully saturated rings. The average molecular weight is 389 g/mol. The van der Waals surface area contributed by atoms with Crippen LogP contribution in [0.25, 0.3) is 0 Å². The summed E-state index contributed by atoms with van der Waals surface area (Å²) in [6.45, 7) is 7.84. The van der Waals surface area contributed by atoms with E-state index >= 15 is 0 Å². The first-order valence-corrected chi connectivity index (χ1v) is 10.7. The molecule has 0 amide bonds. The molecule has 0 spiro atoms. The third kappa shape index (κ3) is 4.59. The Morgan fingerprint density at radius 2 is 1.07 bits per heavy atom. The quantitative estimate of drug-likeness (QED) is 0.686. The lowest BCUT2D eigenvalue weighted by Gasteiger charge is -2.34. The van der Waals surface area contributed by atoms with Gasteiger partial charge in [0.15, 0.2) is 0 Å². The Balaban J connectivity index is 2.09. The average Bonchev–Trinajstić information content (AvgIpc) is 2.74. The maximum Gasteiger partial charge on any atom is 0.340 e. The zero-order valence-electron chi connectivity index (χ0n) is 17.2. The van der Waals surface area contributed by atoms with Gasteiger partial charge in [-0.2, -0.15) is 0 Å². The third-order valence-electron chi connectivity index (χ3n) is 5.50. The van der Waals surface area contributed by atoms with Crippen molar-refractivity contribution in [2.75, 3.05) is 49.2 Å². The number of piperidine rings is 2. The first-order valence-electron chi connectivity index (χ1n) is 10.7. The van der Waals surface area contributed by atoms with E-state index in [0.717, 1.165) is 63.2 Å². The van der Waals surface area contributed by atoms with Crippen LogP contribution in [-0.4, -0.2) is 51.3 Å². The molecule has 0 N–H and O–H groups in total. The van der Waals surface area contributed by atoms with Gasteiger partial charge in [0.25, 0.3) is 0 Å². The molecule has 2 heterocycles. The number of carbonyl (C=O) groups is 2. The topological polar surface area (TPSA) is 59.1 Å². The second-order valence-corrected chi connectivity index (χ2v) is 7.42. The molecule has 0 aromatic heterocycles. The summed E-state index contributed by atoms with van der Waals surface area (Å²) in [5, 5.41) is 0. The standard InChI is InChI=1S/C22H32N2O4/c1-3-27-21(25)17-15-20(24-13-9-6-10-14-24)18(22(26)28-4-2)16-19(17)23-11-7-5-8-12-23/h15-16H,3-14H2,1-2H3. The predicted molar refractivity (Wildman–Crippen MR) is 110 cm³/mol. The first kappa shape index (κ1) is 20.5. The molecule has 0 unspecified atom stereocenters. The highest BCUT2D eigenvalue weighted by Gasteiger charge is 2.27. The number of benzene rings is 1. The fourth-order valence-electron chi connectivity index (χ4n) is 4.11. The van der Waals surface area contributed by atoms with Crippen LogP contribution in [0.5, 0.6) is 0 Å². The summed E-state index contributed by atoms with van der Waals surface area (Å²) in [6.07, 6.45) is 6.75. The van der Waals surface area contributed by atoms with Gasteiger partial charge in [0.05, 0.1) is 35.7 Å². The second-order valence-electron chi connectivity index (χ2n) is 7.42. The van der Waals surface area contributed by atoms with Crippen LogP contribution in [-0.2, 0) is 9.47 Å². The maximum absolute atomic E-state index is 12.8. The van der Waals surface area contributed by atoms with Crippen molar-refractivity contribution in [3.8, 4) is 0 Å². The van der Waals surface area contributed by atoms with Gasteiger partial charge in [-0.1, -0.05) is 0 Å². The molecule has 2 aliphatic heterocycles. The normalized spacial score (nSPS) is 17.4. The number of rotatable bonds is 6. The van der Waals surface area contributed by atoms with E-state index in [9.17, 15) is 9.59 Å². The molecule has 0 radical (unpaired) electrons. The van der Waals surface area contributed by atoms with E-state index in [0.29, 0.717) is 24.3 Å². The highest BCUT2D eigenvalue weighted by Crippen LogP contribution is 2.34. The lowest BCUT2D eigenvalue weighted by molar-refractivity contribution is 0.0512. The molecule has 3 rings (SSSR count). The van der Waals surface area contributed by atoms with Crippen LogP contribution in [0.4, 0.5) is 11.4 Å². The Bertz CT molecular complexity index is 632. The summed E-state index contributed by atoms with van der Waals surface area (Å²) in [6, 6.07) is 3.72. The summed E-state index contributed by atoms with van der Waals surface area (Å²) in [4.78, 5) is 29.9. The smallest absolute Gasteiger partial charge is 0.340 e. The molecule has 0 atom stereocenters. The Labute approximate surface area is 167 Å². The van der Waals surface area contributed by atoms with Gasteiger partial charge in [-0.25, -0.2) is 9.59 Å². The molecule has 2 saturated heterocycles. The highest BCUT2D eigenvalue weighted by atomic mass is 16.5. The number of esters is 2. The molecule has 0 bridgehead atoms. The van der Waals surface area contributed by atoms with Crippen LogP contribution >= 0.6 is 0 Å². The van der Waals surface area contributed by atoms with Gasteiger partial charge in [0.2, 0.25) is 0 Å². The van der Waals surface area contributed by atoms with Crippen LogP contribution in [0, 0.1) is 0 Å².